The number of methoxy groups -OCH3 is 2. The molecule has 0 saturated carbocycles. The van der Waals surface area contributed by atoms with Crippen LogP contribution < -0.4 is 14.2 Å². The number of nitrogens with zero attached hydrogens (tertiary/aromatic N) is 2. The Hall–Kier alpha value is -2.70. The van der Waals surface area contributed by atoms with Crippen LogP contribution in [0.25, 0.3) is 0 Å². The van der Waals surface area contributed by atoms with E-state index in [0.717, 1.165) is 50.5 Å². The quantitative estimate of drug-likeness (QED) is 0.419. The van der Waals surface area contributed by atoms with Crippen molar-refractivity contribution in [2.24, 2.45) is 5.10 Å². The van der Waals surface area contributed by atoms with Gasteiger partial charge in [-0.3, -0.25) is 0 Å². The number of fused-ring (bicyclic) bond motifs is 3. The highest BCUT2D eigenvalue weighted by molar-refractivity contribution is 9.10. The lowest BCUT2D eigenvalue weighted by Crippen LogP contribution is -2.34. The highest BCUT2D eigenvalue weighted by atomic mass is 79.9. The molecular weight excluding hydrogens is 480 g/mol. The molecule has 0 aliphatic carbocycles. The number of ether oxygens (including phenoxy) is 3. The van der Waals surface area contributed by atoms with E-state index < -0.39 is 6.23 Å². The van der Waals surface area contributed by atoms with Crippen molar-refractivity contribution < 1.29 is 14.2 Å². The molecule has 0 saturated heterocycles. The van der Waals surface area contributed by atoms with Gasteiger partial charge in [-0.05, 0) is 66.2 Å². The SMILES string of the molecule is COc1ccc(C2=NN3[C@@H](c4cc(Br)ccc4OC)Oc4ccc(Cl)cc4[C@@H]3C2)cc1. The molecule has 0 N–H and O–H groups in total. The van der Waals surface area contributed by atoms with Gasteiger partial charge in [0, 0.05) is 21.5 Å². The van der Waals surface area contributed by atoms with Gasteiger partial charge in [0.25, 0.3) is 0 Å². The van der Waals surface area contributed by atoms with E-state index in [9.17, 15) is 0 Å². The van der Waals surface area contributed by atoms with Crippen molar-refractivity contribution in [1.29, 1.82) is 0 Å². The lowest BCUT2D eigenvalue weighted by Gasteiger charge is -2.38. The lowest BCUT2D eigenvalue weighted by molar-refractivity contribution is -0.0203. The smallest absolute Gasteiger partial charge is 0.217 e. The maximum Gasteiger partial charge on any atom is 0.217 e. The largest absolute Gasteiger partial charge is 0.497 e. The second-order valence-electron chi connectivity index (χ2n) is 7.41. The molecule has 0 aromatic heterocycles. The summed E-state index contributed by atoms with van der Waals surface area (Å²) in [7, 11) is 3.33. The van der Waals surface area contributed by atoms with Gasteiger partial charge in [-0.1, -0.05) is 27.5 Å². The van der Waals surface area contributed by atoms with Gasteiger partial charge in [0.1, 0.15) is 17.2 Å². The third-order valence-corrected chi connectivity index (χ3v) is 6.36. The Kier molecular flexibility index (Phi) is 5.28. The zero-order chi connectivity index (χ0) is 21.5. The molecule has 5 rings (SSSR count). The zero-order valence-corrected chi connectivity index (χ0v) is 19.4. The standard InChI is InChI=1S/C24H20BrClN2O3/c1-29-17-7-3-14(4-8-17)20-13-21-18-12-16(26)6-10-23(18)31-24(28(21)27-20)19-11-15(25)5-9-22(19)30-2/h3-12,21,24H,13H2,1-2H3/t21-,24+/m0/s1. The van der Waals surface area contributed by atoms with E-state index in [0.29, 0.717) is 5.02 Å². The van der Waals surface area contributed by atoms with Gasteiger partial charge < -0.3 is 14.2 Å². The van der Waals surface area contributed by atoms with Crippen LogP contribution in [-0.4, -0.2) is 24.9 Å². The van der Waals surface area contributed by atoms with E-state index in [4.69, 9.17) is 30.9 Å². The molecule has 5 nitrogen and oxygen atoms in total. The number of rotatable bonds is 4. The van der Waals surface area contributed by atoms with Gasteiger partial charge in [0.15, 0.2) is 0 Å². The van der Waals surface area contributed by atoms with Crippen molar-refractivity contribution in [2.45, 2.75) is 18.7 Å². The molecule has 2 aliphatic heterocycles. The minimum atomic E-state index is -0.429. The second-order valence-corrected chi connectivity index (χ2v) is 8.77. The Morgan fingerprint density at radius 3 is 2.55 bits per heavy atom. The first-order valence-corrected chi connectivity index (χ1v) is 11.0. The molecule has 3 aromatic carbocycles. The Morgan fingerprint density at radius 1 is 1.00 bits per heavy atom. The molecular formula is C24H20BrClN2O3. The molecule has 31 heavy (non-hydrogen) atoms. The minimum absolute atomic E-state index is 0.00763. The lowest BCUT2D eigenvalue weighted by atomic mass is 9.95. The van der Waals surface area contributed by atoms with Gasteiger partial charge in [-0.15, -0.1) is 0 Å². The molecule has 0 fully saturated rings. The van der Waals surface area contributed by atoms with Crippen LogP contribution >= 0.6 is 27.5 Å². The Bertz CT molecular complexity index is 1170. The van der Waals surface area contributed by atoms with E-state index in [2.05, 4.69) is 15.9 Å². The molecule has 2 aliphatic rings. The van der Waals surface area contributed by atoms with E-state index >= 15 is 0 Å². The molecule has 0 bridgehead atoms. The van der Waals surface area contributed by atoms with E-state index in [1.807, 2.05) is 65.7 Å². The topological polar surface area (TPSA) is 43.3 Å². The molecule has 0 unspecified atom stereocenters. The van der Waals surface area contributed by atoms with Crippen LogP contribution in [-0.2, 0) is 0 Å². The van der Waals surface area contributed by atoms with Crippen molar-refractivity contribution in [2.75, 3.05) is 14.2 Å². The number of hydrogen-bond acceptors (Lipinski definition) is 5. The number of hydrogen-bond donors (Lipinski definition) is 0. The Morgan fingerprint density at radius 2 is 1.81 bits per heavy atom. The van der Waals surface area contributed by atoms with Crippen molar-refractivity contribution >= 4 is 33.2 Å². The first kappa shape index (κ1) is 20.2. The molecule has 3 aromatic rings. The third-order valence-electron chi connectivity index (χ3n) is 5.63. The summed E-state index contributed by atoms with van der Waals surface area (Å²) in [5.74, 6) is 2.37. The average molecular weight is 500 g/mol. The van der Waals surface area contributed by atoms with Gasteiger partial charge in [-0.25, -0.2) is 5.01 Å². The summed E-state index contributed by atoms with van der Waals surface area (Å²) in [6.45, 7) is 0. The molecule has 0 amide bonds. The number of hydrazone groups is 1. The van der Waals surface area contributed by atoms with Gasteiger partial charge >= 0.3 is 0 Å². The van der Waals surface area contributed by atoms with Crippen LogP contribution in [0.3, 0.4) is 0 Å². The van der Waals surface area contributed by atoms with Crippen LogP contribution in [0, 0.1) is 0 Å². The maximum absolute atomic E-state index is 6.44. The van der Waals surface area contributed by atoms with Crippen LogP contribution in [0.4, 0.5) is 0 Å². The molecule has 2 atom stereocenters. The van der Waals surface area contributed by atoms with E-state index in [-0.39, 0.29) is 6.04 Å². The normalized spacial score (nSPS) is 19.2. The molecule has 158 valence electrons. The van der Waals surface area contributed by atoms with Gasteiger partial charge in [-0.2, -0.15) is 5.10 Å². The predicted octanol–water partition coefficient (Wildman–Crippen LogP) is 6.36. The van der Waals surface area contributed by atoms with Crippen molar-refractivity contribution in [3.05, 3.63) is 86.8 Å². The summed E-state index contributed by atoms with van der Waals surface area (Å²) < 4.78 is 18.3. The van der Waals surface area contributed by atoms with Crippen LogP contribution in [0.5, 0.6) is 17.2 Å². The summed E-state index contributed by atoms with van der Waals surface area (Å²) >= 11 is 9.90. The molecule has 0 radical (unpaired) electrons. The summed E-state index contributed by atoms with van der Waals surface area (Å²) in [5.41, 5.74) is 3.98. The highest BCUT2D eigenvalue weighted by Crippen LogP contribution is 2.49. The molecule has 7 heteroatoms. The number of halogens is 2. The first-order valence-electron chi connectivity index (χ1n) is 9.87. The fourth-order valence-corrected chi connectivity index (χ4v) is 4.68. The molecule has 2 heterocycles. The van der Waals surface area contributed by atoms with Crippen molar-refractivity contribution in [3.63, 3.8) is 0 Å². The Labute approximate surface area is 194 Å². The summed E-state index contributed by atoms with van der Waals surface area (Å²) in [4.78, 5) is 0. The summed E-state index contributed by atoms with van der Waals surface area (Å²) in [6, 6.07) is 19.6. The van der Waals surface area contributed by atoms with Gasteiger partial charge in [0.2, 0.25) is 6.23 Å². The van der Waals surface area contributed by atoms with Crippen LogP contribution in [0.15, 0.2) is 70.2 Å². The monoisotopic (exact) mass is 498 g/mol. The third kappa shape index (κ3) is 3.64. The van der Waals surface area contributed by atoms with Crippen molar-refractivity contribution in [3.8, 4) is 17.2 Å². The fourth-order valence-electron chi connectivity index (χ4n) is 4.12. The average Bonchev–Trinajstić information content (AvgIpc) is 3.24. The zero-order valence-electron chi connectivity index (χ0n) is 17.0. The Balaban J connectivity index is 1.61. The second kappa shape index (κ2) is 8.09. The van der Waals surface area contributed by atoms with E-state index in [1.165, 1.54) is 0 Å². The van der Waals surface area contributed by atoms with Crippen LogP contribution in [0.2, 0.25) is 5.02 Å². The predicted molar refractivity (Wildman–Crippen MR) is 124 cm³/mol. The highest BCUT2D eigenvalue weighted by Gasteiger charge is 2.42. The minimum Gasteiger partial charge on any atom is -0.497 e. The van der Waals surface area contributed by atoms with Crippen LogP contribution in [0.1, 0.15) is 35.4 Å². The van der Waals surface area contributed by atoms with E-state index in [1.54, 1.807) is 14.2 Å². The number of benzene rings is 3. The summed E-state index contributed by atoms with van der Waals surface area (Å²) in [6.07, 6.45) is 0.317. The summed E-state index contributed by atoms with van der Waals surface area (Å²) in [5, 5.41) is 7.69. The maximum atomic E-state index is 6.44. The van der Waals surface area contributed by atoms with Gasteiger partial charge in [0.05, 0.1) is 31.5 Å². The van der Waals surface area contributed by atoms with Crippen molar-refractivity contribution in [1.82, 2.24) is 5.01 Å². The molecule has 0 spiro atoms. The fraction of sp³-hybridized carbons (Fsp3) is 0.208. The first-order chi connectivity index (χ1) is 15.1.